The monoisotopic (exact) mass is 470 g/mol. The molecule has 0 unspecified atom stereocenters. The zero-order valence-corrected chi connectivity index (χ0v) is 20.2. The van der Waals surface area contributed by atoms with E-state index in [2.05, 4.69) is 69.2 Å². The van der Waals surface area contributed by atoms with Crippen LogP contribution in [0.3, 0.4) is 0 Å². The lowest BCUT2D eigenvalue weighted by atomic mass is 9.90. The Hall–Kier alpha value is -3.97. The third-order valence-electron chi connectivity index (χ3n) is 6.47. The maximum absolute atomic E-state index is 12.9. The average Bonchev–Trinajstić information content (AvgIpc) is 3.51. The lowest BCUT2D eigenvalue weighted by Crippen LogP contribution is -2.40. The van der Waals surface area contributed by atoms with Gasteiger partial charge in [0.15, 0.2) is 11.5 Å². The predicted octanol–water partition coefficient (Wildman–Crippen LogP) is 4.71. The first-order chi connectivity index (χ1) is 17.0. The second-order valence-electron chi connectivity index (χ2n) is 9.02. The molecule has 3 N–H and O–H groups in total. The number of fused-ring (bicyclic) bond motifs is 2. The number of nitrogens with zero attached hydrogens (tertiary/aromatic N) is 1. The van der Waals surface area contributed by atoms with Crippen LogP contribution < -0.4 is 25.0 Å². The number of aromatic amines is 1. The van der Waals surface area contributed by atoms with Crippen LogP contribution in [0.4, 0.5) is 11.4 Å². The van der Waals surface area contributed by atoms with Gasteiger partial charge in [0.1, 0.15) is 0 Å². The van der Waals surface area contributed by atoms with Crippen molar-refractivity contribution >= 4 is 28.2 Å². The van der Waals surface area contributed by atoms with Gasteiger partial charge in [0.05, 0.1) is 6.04 Å². The summed E-state index contributed by atoms with van der Waals surface area (Å²) in [6, 6.07) is 21.9. The molecule has 0 saturated heterocycles. The highest BCUT2D eigenvalue weighted by Crippen LogP contribution is 2.34. The number of anilines is 2. The third-order valence-corrected chi connectivity index (χ3v) is 6.47. The molecular formula is C28H30N4O3. The van der Waals surface area contributed by atoms with Gasteiger partial charge in [-0.05, 0) is 48.4 Å². The number of nitrogens with one attached hydrogen (secondary N) is 3. The summed E-state index contributed by atoms with van der Waals surface area (Å²) < 4.78 is 10.8. The standard InChI is InChI=1S/C28H30N4O3/c1-18(28(33)31-20-10-13-26-27(14-20)35-17-34-26)29-15-23(19-8-11-21(12-9-19)32(2)3)24-16-30-25-7-5-4-6-22(24)25/h4-14,16,18,23,29-30H,15,17H2,1-3H3,(H,31,33)/t18-,23-/m1/s1. The fourth-order valence-corrected chi connectivity index (χ4v) is 4.41. The van der Waals surface area contributed by atoms with Gasteiger partial charge in [-0.25, -0.2) is 0 Å². The molecule has 0 radical (unpaired) electrons. The number of rotatable bonds is 8. The van der Waals surface area contributed by atoms with Gasteiger partial charge in [-0.15, -0.1) is 0 Å². The van der Waals surface area contributed by atoms with E-state index in [1.54, 1.807) is 12.1 Å². The lowest BCUT2D eigenvalue weighted by molar-refractivity contribution is -0.117. The Morgan fingerprint density at radius 1 is 1.03 bits per heavy atom. The zero-order valence-electron chi connectivity index (χ0n) is 20.2. The summed E-state index contributed by atoms with van der Waals surface area (Å²) in [5, 5.41) is 7.61. The summed E-state index contributed by atoms with van der Waals surface area (Å²) in [6.45, 7) is 2.69. The van der Waals surface area contributed by atoms with E-state index in [1.165, 1.54) is 16.5 Å². The molecule has 2 atom stereocenters. The Bertz CT molecular complexity index is 1330. The van der Waals surface area contributed by atoms with Gasteiger partial charge in [-0.3, -0.25) is 4.79 Å². The van der Waals surface area contributed by atoms with Crippen LogP contribution in [0.5, 0.6) is 11.5 Å². The number of hydrogen-bond acceptors (Lipinski definition) is 5. The molecular weight excluding hydrogens is 440 g/mol. The number of benzene rings is 3. The number of hydrogen-bond donors (Lipinski definition) is 3. The van der Waals surface area contributed by atoms with Crippen molar-refractivity contribution < 1.29 is 14.3 Å². The minimum absolute atomic E-state index is 0.0724. The highest BCUT2D eigenvalue weighted by atomic mass is 16.7. The van der Waals surface area contributed by atoms with E-state index in [4.69, 9.17) is 9.47 Å². The van der Waals surface area contributed by atoms with E-state index in [0.29, 0.717) is 23.7 Å². The lowest BCUT2D eigenvalue weighted by Gasteiger charge is -2.22. The van der Waals surface area contributed by atoms with Crippen molar-refractivity contribution in [1.82, 2.24) is 10.3 Å². The van der Waals surface area contributed by atoms with E-state index in [0.717, 1.165) is 11.2 Å². The number of carbonyl (C=O) groups is 1. The van der Waals surface area contributed by atoms with Gasteiger partial charge in [0, 0.05) is 61.1 Å². The van der Waals surface area contributed by atoms with Crippen LogP contribution in [0.1, 0.15) is 24.0 Å². The normalized spacial score (nSPS) is 14.0. The Morgan fingerprint density at radius 3 is 2.60 bits per heavy atom. The summed E-state index contributed by atoms with van der Waals surface area (Å²) in [5.41, 5.74) is 5.33. The highest BCUT2D eigenvalue weighted by Gasteiger charge is 2.22. The zero-order chi connectivity index (χ0) is 24.4. The first-order valence-electron chi connectivity index (χ1n) is 11.8. The van der Waals surface area contributed by atoms with E-state index >= 15 is 0 Å². The van der Waals surface area contributed by atoms with Crippen molar-refractivity contribution in [3.8, 4) is 11.5 Å². The minimum atomic E-state index is -0.394. The Morgan fingerprint density at radius 2 is 1.80 bits per heavy atom. The van der Waals surface area contributed by atoms with Crippen LogP contribution >= 0.6 is 0 Å². The summed E-state index contributed by atoms with van der Waals surface area (Å²) >= 11 is 0. The number of carbonyl (C=O) groups excluding carboxylic acids is 1. The van der Waals surface area contributed by atoms with Crippen LogP contribution in [0.25, 0.3) is 10.9 Å². The average molecular weight is 471 g/mol. The SMILES string of the molecule is C[C@@H](NC[C@H](c1ccc(N(C)C)cc1)c1c[nH]c2ccccc12)C(=O)Nc1ccc2c(c1)OCO2. The van der Waals surface area contributed by atoms with E-state index in [-0.39, 0.29) is 18.6 Å². The van der Waals surface area contributed by atoms with Crippen LogP contribution in [-0.4, -0.2) is 44.4 Å². The molecule has 180 valence electrons. The molecule has 0 saturated carbocycles. The van der Waals surface area contributed by atoms with Gasteiger partial charge >= 0.3 is 0 Å². The molecule has 7 nitrogen and oxygen atoms in total. The minimum Gasteiger partial charge on any atom is -0.454 e. The third kappa shape index (κ3) is 4.81. The largest absolute Gasteiger partial charge is 0.454 e. The van der Waals surface area contributed by atoms with Gasteiger partial charge in [-0.2, -0.15) is 0 Å². The molecule has 1 aliphatic rings. The molecule has 1 aliphatic heterocycles. The molecule has 0 spiro atoms. The first-order valence-corrected chi connectivity index (χ1v) is 11.8. The van der Waals surface area contributed by atoms with Crippen molar-refractivity contribution in [2.45, 2.75) is 18.9 Å². The summed E-state index contributed by atoms with van der Waals surface area (Å²) in [5.74, 6) is 1.30. The maximum atomic E-state index is 12.9. The van der Waals surface area contributed by atoms with Crippen LogP contribution in [0.2, 0.25) is 0 Å². The van der Waals surface area contributed by atoms with Crippen LogP contribution in [-0.2, 0) is 4.79 Å². The molecule has 7 heteroatoms. The molecule has 35 heavy (non-hydrogen) atoms. The predicted molar refractivity (Wildman–Crippen MR) is 140 cm³/mol. The highest BCUT2D eigenvalue weighted by molar-refractivity contribution is 5.95. The fraction of sp³-hybridized carbons (Fsp3) is 0.250. The molecule has 4 aromatic rings. The van der Waals surface area contributed by atoms with E-state index < -0.39 is 6.04 Å². The quantitative estimate of drug-likeness (QED) is 0.348. The maximum Gasteiger partial charge on any atom is 0.241 e. The van der Waals surface area contributed by atoms with Crippen LogP contribution in [0.15, 0.2) is 72.9 Å². The van der Waals surface area contributed by atoms with E-state index in [9.17, 15) is 4.79 Å². The van der Waals surface area contributed by atoms with Crippen molar-refractivity contribution in [3.63, 3.8) is 0 Å². The number of aromatic nitrogens is 1. The molecule has 0 bridgehead atoms. The van der Waals surface area contributed by atoms with E-state index in [1.807, 2.05) is 33.2 Å². The van der Waals surface area contributed by atoms with Gasteiger partial charge in [-0.1, -0.05) is 30.3 Å². The summed E-state index contributed by atoms with van der Waals surface area (Å²) in [7, 11) is 4.07. The Kier molecular flexibility index (Phi) is 6.33. The van der Waals surface area contributed by atoms with Crippen molar-refractivity contribution in [2.75, 3.05) is 37.6 Å². The topological polar surface area (TPSA) is 78.6 Å². The second-order valence-corrected chi connectivity index (χ2v) is 9.02. The van der Waals surface area contributed by atoms with Gasteiger partial charge in [0.25, 0.3) is 0 Å². The van der Waals surface area contributed by atoms with Gasteiger partial charge in [0.2, 0.25) is 12.7 Å². The van der Waals surface area contributed by atoms with Gasteiger partial charge < -0.3 is 30.0 Å². The Labute approximate surface area is 205 Å². The summed E-state index contributed by atoms with van der Waals surface area (Å²) in [6.07, 6.45) is 2.08. The van der Waals surface area contributed by atoms with Crippen molar-refractivity contribution in [1.29, 1.82) is 0 Å². The van der Waals surface area contributed by atoms with Crippen molar-refractivity contribution in [2.24, 2.45) is 0 Å². The van der Waals surface area contributed by atoms with Crippen LogP contribution in [0, 0.1) is 0 Å². The molecule has 0 fully saturated rings. The number of amides is 1. The van der Waals surface area contributed by atoms with Crippen molar-refractivity contribution in [3.05, 3.63) is 84.1 Å². The molecule has 1 amide bonds. The second kappa shape index (κ2) is 9.72. The molecule has 1 aromatic heterocycles. The molecule has 5 rings (SSSR count). The smallest absolute Gasteiger partial charge is 0.241 e. The first kappa shape index (κ1) is 22.8. The number of H-pyrrole nitrogens is 1. The number of ether oxygens (including phenoxy) is 2. The summed E-state index contributed by atoms with van der Waals surface area (Å²) in [4.78, 5) is 18.4. The molecule has 2 heterocycles. The molecule has 0 aliphatic carbocycles. The molecule has 3 aromatic carbocycles. The fourth-order valence-electron chi connectivity index (χ4n) is 4.41. The number of para-hydroxylation sites is 1. The Balaban J connectivity index is 1.34.